The van der Waals surface area contributed by atoms with Crippen LogP contribution in [0, 0.1) is 13.8 Å². The second-order valence-corrected chi connectivity index (χ2v) is 7.95. The molecule has 0 unspecified atom stereocenters. The number of aliphatic hydroxyl groups is 1. The summed E-state index contributed by atoms with van der Waals surface area (Å²) in [6, 6.07) is 6.29. The van der Waals surface area contributed by atoms with Crippen molar-refractivity contribution in [3.63, 3.8) is 0 Å². The van der Waals surface area contributed by atoms with Crippen LogP contribution in [0.5, 0.6) is 0 Å². The Labute approximate surface area is 175 Å². The minimum absolute atomic E-state index is 0.0790. The summed E-state index contributed by atoms with van der Waals surface area (Å²) >= 11 is 6.03. The van der Waals surface area contributed by atoms with Crippen molar-refractivity contribution in [1.29, 1.82) is 0 Å². The summed E-state index contributed by atoms with van der Waals surface area (Å²) in [5.74, 6) is -1.50. The molecule has 1 aliphatic rings. The number of aromatic nitrogens is 2. The van der Waals surface area contributed by atoms with Gasteiger partial charge in [-0.1, -0.05) is 23.7 Å². The summed E-state index contributed by atoms with van der Waals surface area (Å²) in [5.41, 5.74) is 2.59. The molecule has 154 valence electrons. The summed E-state index contributed by atoms with van der Waals surface area (Å²) in [7, 11) is 5.57. The van der Waals surface area contributed by atoms with Crippen LogP contribution in [0.1, 0.15) is 28.6 Å². The number of benzene rings is 1. The Morgan fingerprint density at radius 3 is 2.34 bits per heavy atom. The number of likely N-dealkylation sites (tertiary alicyclic amines) is 1. The summed E-state index contributed by atoms with van der Waals surface area (Å²) < 4.78 is 1.64. The molecule has 29 heavy (non-hydrogen) atoms. The highest BCUT2D eigenvalue weighted by atomic mass is 35.5. The number of rotatable bonds is 5. The van der Waals surface area contributed by atoms with Gasteiger partial charge in [-0.3, -0.25) is 14.3 Å². The highest BCUT2D eigenvalue weighted by Gasteiger charge is 2.46. The summed E-state index contributed by atoms with van der Waals surface area (Å²) in [6.45, 7) is 4.52. The first-order valence-electron chi connectivity index (χ1n) is 9.32. The number of halogens is 1. The summed E-state index contributed by atoms with van der Waals surface area (Å²) in [5, 5.41) is 16.0. The van der Waals surface area contributed by atoms with Crippen LogP contribution in [0.25, 0.3) is 5.76 Å². The van der Waals surface area contributed by atoms with Crippen LogP contribution in [0.15, 0.2) is 29.8 Å². The van der Waals surface area contributed by atoms with Crippen LogP contribution in [-0.2, 0) is 16.6 Å². The number of Topliss-reactive ketones (excluding diaryl/α,β-unsaturated/α-hetero) is 1. The molecule has 1 fully saturated rings. The number of likely N-dealkylation sites (N-methyl/N-ethyl adjacent to an activating group) is 1. The third kappa shape index (κ3) is 3.80. The Hall–Kier alpha value is -2.64. The van der Waals surface area contributed by atoms with Gasteiger partial charge >= 0.3 is 0 Å². The first-order chi connectivity index (χ1) is 13.6. The van der Waals surface area contributed by atoms with Crippen molar-refractivity contribution < 1.29 is 14.7 Å². The maximum Gasteiger partial charge on any atom is 0.295 e. The molecule has 0 radical (unpaired) electrons. The molecule has 7 nitrogen and oxygen atoms in total. The highest BCUT2D eigenvalue weighted by Crippen LogP contribution is 2.40. The lowest BCUT2D eigenvalue weighted by atomic mass is 9.94. The number of ketones is 1. The molecule has 1 amide bonds. The van der Waals surface area contributed by atoms with Gasteiger partial charge in [0, 0.05) is 30.9 Å². The zero-order chi connectivity index (χ0) is 21.5. The van der Waals surface area contributed by atoms with Crippen molar-refractivity contribution >= 4 is 29.1 Å². The number of hydrogen-bond donors (Lipinski definition) is 1. The normalized spacial score (nSPS) is 18.9. The van der Waals surface area contributed by atoms with Gasteiger partial charge in [0.25, 0.3) is 11.7 Å². The van der Waals surface area contributed by atoms with Gasteiger partial charge in [0.15, 0.2) is 0 Å². The third-order valence-corrected chi connectivity index (χ3v) is 5.51. The lowest BCUT2D eigenvalue weighted by molar-refractivity contribution is -0.140. The number of nitrogens with zero attached hydrogens (tertiary/aromatic N) is 4. The standard InChI is InChI=1S/C21H25ClN4O3/c1-12-16(13(2)25(5)23-12)19(27)17-18(14-6-8-15(22)9-7-14)26(11-10-24(3)4)21(29)20(17)28/h6-9,18,27H,10-11H2,1-5H3/b19-17+/t18-/m0/s1. The Kier molecular flexibility index (Phi) is 5.82. The largest absolute Gasteiger partial charge is 0.507 e. The number of carbonyl (C=O) groups is 2. The molecule has 1 aromatic carbocycles. The second-order valence-electron chi connectivity index (χ2n) is 7.52. The molecule has 1 N–H and O–H groups in total. The Morgan fingerprint density at radius 2 is 1.83 bits per heavy atom. The van der Waals surface area contributed by atoms with E-state index in [0.717, 1.165) is 0 Å². The topological polar surface area (TPSA) is 78.7 Å². The molecule has 1 atom stereocenters. The number of hydrogen-bond acceptors (Lipinski definition) is 5. The molecular weight excluding hydrogens is 392 g/mol. The van der Waals surface area contributed by atoms with E-state index in [1.807, 2.05) is 25.9 Å². The maximum atomic E-state index is 13.0. The Balaban J connectivity index is 2.20. The lowest BCUT2D eigenvalue weighted by Crippen LogP contribution is -2.35. The zero-order valence-corrected chi connectivity index (χ0v) is 18.0. The number of aliphatic hydroxyl groups excluding tert-OH is 1. The summed E-state index contributed by atoms with van der Waals surface area (Å²) in [4.78, 5) is 29.3. The lowest BCUT2D eigenvalue weighted by Gasteiger charge is -2.26. The first kappa shape index (κ1) is 21.1. The fourth-order valence-electron chi connectivity index (χ4n) is 3.66. The fourth-order valence-corrected chi connectivity index (χ4v) is 3.79. The maximum absolute atomic E-state index is 13.0. The molecule has 0 bridgehead atoms. The van der Waals surface area contributed by atoms with Crippen molar-refractivity contribution in [2.45, 2.75) is 19.9 Å². The Bertz CT molecular complexity index is 992. The minimum Gasteiger partial charge on any atom is -0.507 e. The quantitative estimate of drug-likeness (QED) is 0.460. The van der Waals surface area contributed by atoms with Gasteiger partial charge in [-0.05, 0) is 45.6 Å². The number of aryl methyl sites for hydroxylation is 2. The first-order valence-corrected chi connectivity index (χ1v) is 9.70. The molecule has 0 aliphatic carbocycles. The van der Waals surface area contributed by atoms with Gasteiger partial charge in [0.05, 0.1) is 22.9 Å². The van der Waals surface area contributed by atoms with E-state index in [4.69, 9.17) is 11.6 Å². The van der Waals surface area contributed by atoms with Crippen molar-refractivity contribution in [2.24, 2.45) is 7.05 Å². The Morgan fingerprint density at radius 1 is 1.21 bits per heavy atom. The van der Waals surface area contributed by atoms with E-state index in [-0.39, 0.29) is 11.3 Å². The van der Waals surface area contributed by atoms with E-state index < -0.39 is 17.7 Å². The average Bonchev–Trinajstić information content (AvgIpc) is 3.06. The van der Waals surface area contributed by atoms with E-state index in [0.29, 0.717) is 40.6 Å². The molecule has 2 aromatic rings. The number of carbonyl (C=O) groups excluding carboxylic acids is 2. The van der Waals surface area contributed by atoms with E-state index in [9.17, 15) is 14.7 Å². The van der Waals surface area contributed by atoms with E-state index in [1.54, 1.807) is 42.9 Å². The van der Waals surface area contributed by atoms with Crippen molar-refractivity contribution in [2.75, 3.05) is 27.2 Å². The third-order valence-electron chi connectivity index (χ3n) is 5.26. The average molecular weight is 417 g/mol. The molecule has 0 spiro atoms. The highest BCUT2D eigenvalue weighted by molar-refractivity contribution is 6.46. The fraction of sp³-hybridized carbons (Fsp3) is 0.381. The molecule has 3 rings (SSSR count). The molecule has 8 heteroatoms. The van der Waals surface area contributed by atoms with Gasteiger partial charge in [-0.25, -0.2) is 0 Å². The van der Waals surface area contributed by atoms with E-state index in [1.165, 1.54) is 4.90 Å². The monoisotopic (exact) mass is 416 g/mol. The molecule has 1 aliphatic heterocycles. The predicted molar refractivity (Wildman–Crippen MR) is 112 cm³/mol. The zero-order valence-electron chi connectivity index (χ0n) is 17.2. The van der Waals surface area contributed by atoms with Gasteiger partial charge in [0.2, 0.25) is 0 Å². The van der Waals surface area contributed by atoms with Gasteiger partial charge in [0.1, 0.15) is 5.76 Å². The van der Waals surface area contributed by atoms with Crippen molar-refractivity contribution in [3.8, 4) is 0 Å². The van der Waals surface area contributed by atoms with Gasteiger partial charge < -0.3 is 14.9 Å². The smallest absolute Gasteiger partial charge is 0.295 e. The van der Waals surface area contributed by atoms with Crippen LogP contribution in [0.3, 0.4) is 0 Å². The van der Waals surface area contributed by atoms with Crippen molar-refractivity contribution in [3.05, 3.63) is 57.4 Å². The van der Waals surface area contributed by atoms with Gasteiger partial charge in [-0.15, -0.1) is 0 Å². The molecule has 2 heterocycles. The molecular formula is C21H25ClN4O3. The predicted octanol–water partition coefficient (Wildman–Crippen LogP) is 2.67. The number of amides is 1. The molecule has 1 saturated heterocycles. The summed E-state index contributed by atoms with van der Waals surface area (Å²) in [6.07, 6.45) is 0. The van der Waals surface area contributed by atoms with Crippen molar-refractivity contribution in [1.82, 2.24) is 19.6 Å². The van der Waals surface area contributed by atoms with Crippen LogP contribution in [-0.4, -0.2) is 63.6 Å². The van der Waals surface area contributed by atoms with Crippen LogP contribution < -0.4 is 0 Å². The minimum atomic E-state index is -0.691. The van der Waals surface area contributed by atoms with Crippen LogP contribution in [0.4, 0.5) is 0 Å². The van der Waals surface area contributed by atoms with E-state index >= 15 is 0 Å². The van der Waals surface area contributed by atoms with Crippen LogP contribution in [0.2, 0.25) is 5.02 Å². The SMILES string of the molecule is Cc1nn(C)c(C)c1/C(O)=C1\C(=O)C(=O)N(CCN(C)C)[C@H]1c1ccc(Cl)cc1. The molecule has 1 aromatic heterocycles. The van der Waals surface area contributed by atoms with Gasteiger partial charge in [-0.2, -0.15) is 5.10 Å². The van der Waals surface area contributed by atoms with E-state index in [2.05, 4.69) is 5.10 Å². The molecule has 0 saturated carbocycles. The van der Waals surface area contributed by atoms with Crippen LogP contribution >= 0.6 is 11.6 Å². The second kappa shape index (κ2) is 8.00.